The molecule has 172 valence electrons. The van der Waals surface area contributed by atoms with Crippen molar-refractivity contribution in [1.29, 1.82) is 0 Å². The molecule has 9 aliphatic rings. The highest BCUT2D eigenvalue weighted by Crippen LogP contribution is 3.10. The summed E-state index contributed by atoms with van der Waals surface area (Å²) in [4.78, 5) is 0. The van der Waals surface area contributed by atoms with E-state index in [2.05, 4.69) is 76.2 Å². The minimum absolute atomic E-state index is 0.425. The molecule has 9 aliphatic carbocycles. The lowest BCUT2D eigenvalue weighted by molar-refractivity contribution is -0.538. The Morgan fingerprint density at radius 1 is 0.581 bits per heavy atom. The van der Waals surface area contributed by atoms with Gasteiger partial charge in [-0.1, -0.05) is 76.2 Å². The molecule has 0 saturated heterocycles. The molecule has 0 aliphatic heterocycles. The number of hydrogen-bond donors (Lipinski definition) is 0. The Kier molecular flexibility index (Phi) is 2.46. The molecule has 0 N–H and O–H groups in total. The number of rotatable bonds is 0. The standard InChI is InChI=1S/C31H48/c1-17-12-30-16-25(7)22(3,4)14-23(17,5)26(30,8)19-13-31-15-24(6,18(19)2)29(31,11)28(10)21(31)20(30)27(25,28)9/h17-21H,12-16H2,1-11H3. The van der Waals surface area contributed by atoms with E-state index in [9.17, 15) is 0 Å². The van der Waals surface area contributed by atoms with Crippen molar-refractivity contribution >= 4 is 0 Å². The third-order valence-electron chi connectivity index (χ3n) is 18.7. The van der Waals surface area contributed by atoms with Crippen LogP contribution in [0, 0.1) is 83.7 Å². The van der Waals surface area contributed by atoms with Crippen molar-refractivity contribution in [3.8, 4) is 0 Å². The van der Waals surface area contributed by atoms with Gasteiger partial charge in [-0.15, -0.1) is 0 Å². The Hall–Kier alpha value is 0. The first-order chi connectivity index (χ1) is 14.0. The maximum absolute atomic E-state index is 2.91. The monoisotopic (exact) mass is 420 g/mol. The van der Waals surface area contributed by atoms with Gasteiger partial charge in [0.25, 0.3) is 0 Å². The van der Waals surface area contributed by atoms with Crippen molar-refractivity contribution in [3.63, 3.8) is 0 Å². The van der Waals surface area contributed by atoms with Crippen LogP contribution < -0.4 is 0 Å². The fourth-order valence-electron chi connectivity index (χ4n) is 17.3. The van der Waals surface area contributed by atoms with E-state index in [4.69, 9.17) is 0 Å². The minimum Gasteiger partial charge on any atom is -0.0619 e. The lowest BCUT2D eigenvalue weighted by atomic mass is 9.03. The van der Waals surface area contributed by atoms with Crippen LogP contribution in [0.25, 0.3) is 0 Å². The van der Waals surface area contributed by atoms with E-state index in [1.807, 2.05) is 0 Å². The van der Waals surface area contributed by atoms with Crippen LogP contribution in [-0.4, -0.2) is 0 Å². The van der Waals surface area contributed by atoms with E-state index in [0.29, 0.717) is 54.1 Å². The number of fused-ring (bicyclic) bond motifs is 3. The van der Waals surface area contributed by atoms with Gasteiger partial charge >= 0.3 is 0 Å². The van der Waals surface area contributed by atoms with Crippen LogP contribution in [0.1, 0.15) is 108 Å². The minimum atomic E-state index is 0.425. The normalized spacial score (nSPS) is 81.2. The van der Waals surface area contributed by atoms with Gasteiger partial charge < -0.3 is 0 Å². The van der Waals surface area contributed by atoms with Crippen LogP contribution in [0.15, 0.2) is 0 Å². The van der Waals surface area contributed by atoms with Gasteiger partial charge in [0.15, 0.2) is 0 Å². The summed E-state index contributed by atoms with van der Waals surface area (Å²) in [7, 11) is 0. The molecule has 0 nitrogen and oxygen atoms in total. The van der Waals surface area contributed by atoms with Crippen LogP contribution in [0.3, 0.4) is 0 Å². The first-order valence-electron chi connectivity index (χ1n) is 14.0. The maximum atomic E-state index is 2.91. The van der Waals surface area contributed by atoms with E-state index in [0.717, 1.165) is 29.6 Å². The van der Waals surface area contributed by atoms with Crippen molar-refractivity contribution in [2.45, 2.75) is 108 Å². The quantitative estimate of drug-likeness (QED) is 0.370. The first kappa shape index (κ1) is 19.3. The summed E-state index contributed by atoms with van der Waals surface area (Å²) in [6.07, 6.45) is 7.71. The van der Waals surface area contributed by atoms with Crippen molar-refractivity contribution in [1.82, 2.24) is 0 Å². The predicted molar refractivity (Wildman–Crippen MR) is 127 cm³/mol. The van der Waals surface area contributed by atoms with Crippen molar-refractivity contribution in [2.75, 3.05) is 0 Å². The van der Waals surface area contributed by atoms with E-state index in [1.165, 1.54) is 6.42 Å². The zero-order valence-corrected chi connectivity index (χ0v) is 22.4. The zero-order valence-electron chi connectivity index (χ0n) is 22.4. The summed E-state index contributed by atoms with van der Waals surface area (Å²) in [5.74, 6) is 4.75. The molecule has 2 spiro atoms. The molecule has 0 amide bonds. The molecule has 0 aromatic carbocycles. The van der Waals surface area contributed by atoms with Gasteiger partial charge in [0.1, 0.15) is 0 Å². The molecule has 6 bridgehead atoms. The lowest BCUT2D eigenvalue weighted by Crippen LogP contribution is -2.96. The Bertz CT molecular complexity index is 1010. The third kappa shape index (κ3) is 1.05. The largest absolute Gasteiger partial charge is 0.0619 e. The second kappa shape index (κ2) is 3.94. The van der Waals surface area contributed by atoms with E-state index < -0.39 is 0 Å². The third-order valence-corrected chi connectivity index (χ3v) is 18.7. The first-order valence-corrected chi connectivity index (χ1v) is 14.0. The highest BCUT2D eigenvalue weighted by molar-refractivity contribution is 5.52. The molecule has 14 unspecified atom stereocenters. The average molecular weight is 421 g/mol. The fourth-order valence-corrected chi connectivity index (χ4v) is 17.3. The van der Waals surface area contributed by atoms with E-state index in [-0.39, 0.29) is 0 Å². The second-order valence-electron chi connectivity index (χ2n) is 17.3. The molecule has 9 saturated carbocycles. The van der Waals surface area contributed by atoms with Crippen molar-refractivity contribution < 1.29 is 0 Å². The highest BCUT2D eigenvalue weighted by Gasteiger charge is 3.06. The summed E-state index contributed by atoms with van der Waals surface area (Å²) < 4.78 is 0. The Labute approximate surface area is 192 Å². The summed E-state index contributed by atoms with van der Waals surface area (Å²) in [6, 6.07) is 0. The van der Waals surface area contributed by atoms with E-state index >= 15 is 0 Å². The Balaban J connectivity index is 1.57. The van der Waals surface area contributed by atoms with Gasteiger partial charge in [-0.25, -0.2) is 0 Å². The topological polar surface area (TPSA) is 0 Å². The summed E-state index contributed by atoms with van der Waals surface area (Å²) >= 11 is 0. The summed E-state index contributed by atoms with van der Waals surface area (Å²) in [5.41, 5.74) is 5.41. The van der Waals surface area contributed by atoms with Gasteiger partial charge in [-0.05, 0) is 116 Å². The van der Waals surface area contributed by atoms with E-state index in [1.54, 1.807) is 25.7 Å². The molecule has 0 heteroatoms. The van der Waals surface area contributed by atoms with Crippen LogP contribution in [-0.2, 0) is 0 Å². The van der Waals surface area contributed by atoms with Gasteiger partial charge in [0, 0.05) is 0 Å². The smallest absolute Gasteiger partial charge is 0.0147 e. The van der Waals surface area contributed by atoms with Gasteiger partial charge in [0.2, 0.25) is 0 Å². The second-order valence-corrected chi connectivity index (χ2v) is 17.3. The summed E-state index contributed by atoms with van der Waals surface area (Å²) in [5, 5.41) is 0. The van der Waals surface area contributed by atoms with Crippen molar-refractivity contribution in [2.24, 2.45) is 83.7 Å². The van der Waals surface area contributed by atoms with Crippen molar-refractivity contribution in [3.05, 3.63) is 0 Å². The molecule has 14 atom stereocenters. The SMILES string of the molecule is CC1CC23CC4(C)C(C)(C)CC1(C)C2(C)C1CC25CC(C)(C1C)C2(C)C1(C)C5C3C41C. The fraction of sp³-hybridized carbons (Fsp3) is 1.00. The molecule has 9 fully saturated rings. The molecule has 9 rings (SSSR count). The Morgan fingerprint density at radius 3 is 1.84 bits per heavy atom. The van der Waals surface area contributed by atoms with Crippen LogP contribution in [0.5, 0.6) is 0 Å². The maximum Gasteiger partial charge on any atom is -0.0147 e. The van der Waals surface area contributed by atoms with Crippen LogP contribution in [0.2, 0.25) is 0 Å². The molecular weight excluding hydrogens is 372 g/mol. The molecule has 0 aromatic rings. The highest BCUT2D eigenvalue weighted by atomic mass is 15.1. The van der Waals surface area contributed by atoms with Crippen LogP contribution in [0.4, 0.5) is 0 Å². The number of hydrogen-bond acceptors (Lipinski definition) is 0. The lowest BCUT2D eigenvalue weighted by Gasteiger charge is -3.00. The molecule has 0 aromatic heterocycles. The van der Waals surface area contributed by atoms with Gasteiger partial charge in [-0.2, -0.15) is 0 Å². The molecule has 0 radical (unpaired) electrons. The average Bonchev–Trinajstić information content (AvgIpc) is 2.91. The van der Waals surface area contributed by atoms with Gasteiger partial charge in [-0.3, -0.25) is 0 Å². The molecule has 31 heavy (non-hydrogen) atoms. The van der Waals surface area contributed by atoms with Crippen LogP contribution >= 0.6 is 0 Å². The zero-order chi connectivity index (χ0) is 22.4. The summed E-state index contributed by atoms with van der Waals surface area (Å²) in [6.45, 7) is 30.8. The predicted octanol–water partition coefficient (Wildman–Crippen LogP) is 8.21. The molecule has 0 heterocycles. The van der Waals surface area contributed by atoms with Gasteiger partial charge in [0.05, 0.1) is 0 Å². The molecular formula is C31H48. The Morgan fingerprint density at radius 2 is 1.19 bits per heavy atom.